The molecule has 0 aliphatic rings. The molecule has 2 aromatic rings. The van der Waals surface area contributed by atoms with E-state index >= 15 is 0 Å². The minimum Gasteiger partial charge on any atom is -0.312 e. The zero-order valence-electron chi connectivity index (χ0n) is 7.94. The minimum atomic E-state index is -0.435. The van der Waals surface area contributed by atoms with Crippen LogP contribution in [0.15, 0.2) is 11.8 Å². The van der Waals surface area contributed by atoms with Crippen molar-refractivity contribution in [2.75, 3.05) is 5.32 Å². The number of rotatable bonds is 3. The molecule has 7 heteroatoms. The van der Waals surface area contributed by atoms with Gasteiger partial charge in [0, 0.05) is 0 Å². The second kappa shape index (κ2) is 4.26. The van der Waals surface area contributed by atoms with E-state index in [2.05, 4.69) is 25.5 Å². The van der Waals surface area contributed by atoms with Crippen LogP contribution in [0.2, 0.25) is 0 Å². The fourth-order valence-electron chi connectivity index (χ4n) is 1.07. The Balaban J connectivity index is 2.29. The first kappa shape index (κ1) is 9.91. The highest BCUT2D eigenvalue weighted by atomic mass is 32.1. The van der Waals surface area contributed by atoms with Crippen molar-refractivity contribution in [1.82, 2.24) is 20.2 Å². The standard InChI is InChI=1S/C8H8FN5S/c1-2-5-6(9)7(11-3-10-5)13-8-14-12-4-15-8/h3-4H,2H2,1H3,(H,10,11,13,14). The van der Waals surface area contributed by atoms with Crippen LogP contribution in [0.4, 0.5) is 15.3 Å². The lowest BCUT2D eigenvalue weighted by molar-refractivity contribution is 0.598. The van der Waals surface area contributed by atoms with Gasteiger partial charge in [0.05, 0.1) is 5.69 Å². The summed E-state index contributed by atoms with van der Waals surface area (Å²) >= 11 is 1.28. The van der Waals surface area contributed by atoms with E-state index in [1.54, 1.807) is 5.51 Å². The van der Waals surface area contributed by atoms with Gasteiger partial charge in [0.25, 0.3) is 0 Å². The van der Waals surface area contributed by atoms with Gasteiger partial charge in [-0.1, -0.05) is 18.3 Å². The van der Waals surface area contributed by atoms with Crippen molar-refractivity contribution in [3.63, 3.8) is 0 Å². The third-order valence-electron chi connectivity index (χ3n) is 1.78. The second-order valence-electron chi connectivity index (χ2n) is 2.71. The van der Waals surface area contributed by atoms with Crippen LogP contribution < -0.4 is 5.32 Å². The molecule has 2 rings (SSSR count). The number of nitrogens with zero attached hydrogens (tertiary/aromatic N) is 4. The Morgan fingerprint density at radius 3 is 3.00 bits per heavy atom. The molecule has 0 aromatic carbocycles. The molecule has 0 amide bonds. The predicted octanol–water partition coefficient (Wildman–Crippen LogP) is 1.77. The van der Waals surface area contributed by atoms with Gasteiger partial charge in [-0.25, -0.2) is 14.4 Å². The highest BCUT2D eigenvalue weighted by Crippen LogP contribution is 2.19. The Morgan fingerprint density at radius 1 is 1.47 bits per heavy atom. The third-order valence-corrected chi connectivity index (χ3v) is 2.39. The van der Waals surface area contributed by atoms with Gasteiger partial charge in [0.1, 0.15) is 11.8 Å². The van der Waals surface area contributed by atoms with Crippen LogP contribution in [0.1, 0.15) is 12.6 Å². The zero-order valence-corrected chi connectivity index (χ0v) is 8.75. The number of nitrogens with one attached hydrogen (secondary N) is 1. The molecule has 0 spiro atoms. The molecule has 0 saturated heterocycles. The summed E-state index contributed by atoms with van der Waals surface area (Å²) < 4.78 is 13.6. The number of aromatic nitrogens is 4. The van der Waals surface area contributed by atoms with Gasteiger partial charge in [-0.3, -0.25) is 0 Å². The fraction of sp³-hybridized carbons (Fsp3) is 0.250. The molecule has 5 nitrogen and oxygen atoms in total. The largest absolute Gasteiger partial charge is 0.312 e. The number of hydrogen-bond acceptors (Lipinski definition) is 6. The van der Waals surface area contributed by atoms with E-state index < -0.39 is 5.82 Å². The lowest BCUT2D eigenvalue weighted by atomic mass is 10.3. The van der Waals surface area contributed by atoms with E-state index in [9.17, 15) is 4.39 Å². The van der Waals surface area contributed by atoms with Crippen LogP contribution in [0, 0.1) is 5.82 Å². The molecular weight excluding hydrogens is 217 g/mol. The molecule has 0 aliphatic carbocycles. The maximum absolute atomic E-state index is 13.6. The van der Waals surface area contributed by atoms with E-state index in [0.717, 1.165) is 0 Å². The van der Waals surface area contributed by atoms with Crippen LogP contribution in [0.25, 0.3) is 0 Å². The third kappa shape index (κ3) is 2.07. The van der Waals surface area contributed by atoms with Gasteiger partial charge < -0.3 is 5.32 Å². The lowest BCUT2D eigenvalue weighted by Crippen LogP contribution is -2.02. The Morgan fingerprint density at radius 2 is 2.33 bits per heavy atom. The maximum Gasteiger partial charge on any atom is 0.211 e. The summed E-state index contributed by atoms with van der Waals surface area (Å²) in [5, 5.41) is 10.6. The fourth-order valence-corrected chi connectivity index (χ4v) is 1.51. The first-order valence-electron chi connectivity index (χ1n) is 4.33. The number of hydrogen-bond donors (Lipinski definition) is 1. The molecule has 2 heterocycles. The smallest absolute Gasteiger partial charge is 0.211 e. The highest BCUT2D eigenvalue weighted by Gasteiger charge is 2.10. The summed E-state index contributed by atoms with van der Waals surface area (Å²) in [6.07, 6.45) is 1.85. The molecule has 0 atom stereocenters. The van der Waals surface area contributed by atoms with Crippen LogP contribution in [-0.4, -0.2) is 20.2 Å². The topological polar surface area (TPSA) is 63.6 Å². The average Bonchev–Trinajstić information content (AvgIpc) is 2.74. The Kier molecular flexibility index (Phi) is 2.82. The molecule has 78 valence electrons. The van der Waals surface area contributed by atoms with E-state index in [1.165, 1.54) is 17.7 Å². The molecule has 1 N–H and O–H groups in total. The highest BCUT2D eigenvalue weighted by molar-refractivity contribution is 7.13. The summed E-state index contributed by atoms with van der Waals surface area (Å²) in [5.74, 6) is -0.297. The Labute approximate surface area is 89.4 Å². The molecular formula is C8H8FN5S. The number of halogens is 1. The molecule has 0 aliphatic heterocycles. The van der Waals surface area contributed by atoms with Gasteiger partial charge >= 0.3 is 0 Å². The van der Waals surface area contributed by atoms with Gasteiger partial charge in [0.15, 0.2) is 11.6 Å². The van der Waals surface area contributed by atoms with Crippen molar-refractivity contribution in [1.29, 1.82) is 0 Å². The molecule has 0 saturated carbocycles. The van der Waals surface area contributed by atoms with Gasteiger partial charge in [0.2, 0.25) is 5.13 Å². The van der Waals surface area contributed by atoms with Crippen molar-refractivity contribution < 1.29 is 4.39 Å². The normalized spacial score (nSPS) is 10.3. The van der Waals surface area contributed by atoms with Crippen LogP contribution in [0.3, 0.4) is 0 Å². The Hall–Kier alpha value is -1.63. The van der Waals surface area contributed by atoms with Crippen molar-refractivity contribution in [2.45, 2.75) is 13.3 Å². The first-order valence-corrected chi connectivity index (χ1v) is 5.21. The average molecular weight is 225 g/mol. The van der Waals surface area contributed by atoms with Crippen LogP contribution in [-0.2, 0) is 6.42 Å². The summed E-state index contributed by atoms with van der Waals surface area (Å²) in [6.45, 7) is 1.83. The maximum atomic E-state index is 13.6. The number of anilines is 2. The predicted molar refractivity (Wildman–Crippen MR) is 54.6 cm³/mol. The van der Waals surface area contributed by atoms with Crippen molar-refractivity contribution in [3.8, 4) is 0 Å². The summed E-state index contributed by atoms with van der Waals surface area (Å²) in [4.78, 5) is 7.63. The van der Waals surface area contributed by atoms with Gasteiger partial charge in [-0.05, 0) is 6.42 Å². The van der Waals surface area contributed by atoms with Gasteiger partial charge in [-0.2, -0.15) is 0 Å². The van der Waals surface area contributed by atoms with Crippen molar-refractivity contribution in [3.05, 3.63) is 23.3 Å². The Bertz CT molecular complexity index is 444. The molecule has 0 fully saturated rings. The van der Waals surface area contributed by atoms with E-state index in [-0.39, 0.29) is 5.82 Å². The van der Waals surface area contributed by atoms with Crippen molar-refractivity contribution in [2.24, 2.45) is 0 Å². The second-order valence-corrected chi connectivity index (χ2v) is 3.54. The molecule has 15 heavy (non-hydrogen) atoms. The van der Waals surface area contributed by atoms with E-state index in [4.69, 9.17) is 0 Å². The molecule has 0 radical (unpaired) electrons. The molecule has 0 unspecified atom stereocenters. The quantitative estimate of drug-likeness (QED) is 0.862. The minimum absolute atomic E-state index is 0.138. The molecule has 2 aromatic heterocycles. The molecule has 0 bridgehead atoms. The summed E-state index contributed by atoms with van der Waals surface area (Å²) in [7, 11) is 0. The summed E-state index contributed by atoms with van der Waals surface area (Å²) in [5.41, 5.74) is 1.94. The lowest BCUT2D eigenvalue weighted by Gasteiger charge is -2.04. The summed E-state index contributed by atoms with van der Waals surface area (Å²) in [6, 6.07) is 0. The van der Waals surface area contributed by atoms with E-state index in [0.29, 0.717) is 17.2 Å². The monoisotopic (exact) mass is 225 g/mol. The SMILES string of the molecule is CCc1ncnc(Nc2nncs2)c1F. The van der Waals surface area contributed by atoms with Crippen molar-refractivity contribution >= 4 is 22.3 Å². The first-order chi connectivity index (χ1) is 7.31. The zero-order chi connectivity index (χ0) is 10.7. The van der Waals surface area contributed by atoms with Crippen LogP contribution >= 0.6 is 11.3 Å². The van der Waals surface area contributed by atoms with E-state index in [1.807, 2.05) is 6.92 Å². The number of aryl methyl sites for hydroxylation is 1. The van der Waals surface area contributed by atoms with Gasteiger partial charge in [-0.15, -0.1) is 10.2 Å². The van der Waals surface area contributed by atoms with Crippen LogP contribution in [0.5, 0.6) is 0 Å².